The monoisotopic (exact) mass is 536 g/mol. The zero-order valence-corrected chi connectivity index (χ0v) is 21.8. The molecule has 0 bridgehead atoms. The molecule has 0 saturated carbocycles. The summed E-state index contributed by atoms with van der Waals surface area (Å²) in [5.74, 6) is 0.0241. The first-order chi connectivity index (χ1) is 18.2. The Labute approximate surface area is 219 Å². The lowest BCUT2D eigenvalue weighted by Gasteiger charge is -2.23. The largest absolute Gasteiger partial charge is 0.497 e. The van der Waals surface area contributed by atoms with Gasteiger partial charge in [0.05, 0.1) is 24.6 Å². The van der Waals surface area contributed by atoms with Crippen molar-refractivity contribution < 1.29 is 27.1 Å². The van der Waals surface area contributed by atoms with Crippen LogP contribution in [0.2, 0.25) is 0 Å². The fourth-order valence-corrected chi connectivity index (χ4v) is 5.05. The Balaban J connectivity index is 1.63. The molecule has 196 valence electrons. The molecule has 0 saturated heterocycles. The standard InChI is InChI=1S/C27H25FN4O5S/c1-31(38(3,34)35)25-20-5-4-12-29-24(20)26(37-16-17-6-9-19(36-2)10-7-17)23-21(25)15-32(27(23)33)14-18-8-11-22(28)30-13-18/h4-13H,14-16H2,1-3H3. The second kappa shape index (κ2) is 9.90. The summed E-state index contributed by atoms with van der Waals surface area (Å²) in [6.45, 7) is 0.438. The quantitative estimate of drug-likeness (QED) is 0.315. The average Bonchev–Trinajstić information content (AvgIpc) is 3.22. The van der Waals surface area contributed by atoms with Crippen molar-refractivity contribution in [3.63, 3.8) is 0 Å². The number of fused-ring (bicyclic) bond motifs is 2. The van der Waals surface area contributed by atoms with Gasteiger partial charge in [0.1, 0.15) is 17.9 Å². The van der Waals surface area contributed by atoms with Gasteiger partial charge in [-0.3, -0.25) is 14.1 Å². The number of anilines is 1. The van der Waals surface area contributed by atoms with Crippen molar-refractivity contribution in [2.75, 3.05) is 24.7 Å². The number of carbonyl (C=O) groups excluding carboxylic acids is 1. The third-order valence-electron chi connectivity index (χ3n) is 6.46. The number of hydrogen-bond acceptors (Lipinski definition) is 7. The third-order valence-corrected chi connectivity index (χ3v) is 7.64. The van der Waals surface area contributed by atoms with Crippen LogP contribution >= 0.6 is 0 Å². The number of aromatic nitrogens is 2. The van der Waals surface area contributed by atoms with Gasteiger partial charge in [0.15, 0.2) is 5.75 Å². The number of amides is 1. The van der Waals surface area contributed by atoms with E-state index in [0.717, 1.165) is 11.8 Å². The average molecular weight is 537 g/mol. The van der Waals surface area contributed by atoms with Crippen LogP contribution in [0, 0.1) is 5.95 Å². The summed E-state index contributed by atoms with van der Waals surface area (Å²) in [7, 11) is -0.636. The number of nitrogens with zero attached hydrogens (tertiary/aromatic N) is 4. The second-order valence-electron chi connectivity index (χ2n) is 8.95. The van der Waals surface area contributed by atoms with E-state index in [1.807, 2.05) is 24.3 Å². The predicted molar refractivity (Wildman–Crippen MR) is 140 cm³/mol. The minimum absolute atomic E-state index is 0.129. The summed E-state index contributed by atoms with van der Waals surface area (Å²) in [5, 5.41) is 0.544. The molecule has 1 aliphatic rings. The maximum Gasteiger partial charge on any atom is 0.258 e. The molecular weight excluding hydrogens is 511 g/mol. The highest BCUT2D eigenvalue weighted by Crippen LogP contribution is 2.45. The van der Waals surface area contributed by atoms with E-state index < -0.39 is 16.0 Å². The van der Waals surface area contributed by atoms with E-state index in [0.29, 0.717) is 33.5 Å². The van der Waals surface area contributed by atoms with Crippen LogP contribution in [0.1, 0.15) is 27.0 Å². The van der Waals surface area contributed by atoms with Gasteiger partial charge < -0.3 is 14.4 Å². The van der Waals surface area contributed by atoms with Crippen LogP contribution in [-0.4, -0.2) is 49.6 Å². The molecule has 9 nitrogen and oxygen atoms in total. The van der Waals surface area contributed by atoms with Crippen molar-refractivity contribution in [2.24, 2.45) is 0 Å². The Morgan fingerprint density at radius 3 is 2.47 bits per heavy atom. The zero-order chi connectivity index (χ0) is 27.0. The first kappa shape index (κ1) is 25.4. The van der Waals surface area contributed by atoms with E-state index in [-0.39, 0.29) is 36.9 Å². The van der Waals surface area contributed by atoms with Crippen molar-refractivity contribution in [3.05, 3.63) is 89.1 Å². The van der Waals surface area contributed by atoms with E-state index in [1.54, 1.807) is 36.4 Å². The van der Waals surface area contributed by atoms with Gasteiger partial charge in [-0.1, -0.05) is 18.2 Å². The maximum atomic E-state index is 13.8. The number of ether oxygens (including phenoxy) is 2. The number of hydrogen-bond donors (Lipinski definition) is 0. The van der Waals surface area contributed by atoms with Crippen molar-refractivity contribution in [1.82, 2.24) is 14.9 Å². The van der Waals surface area contributed by atoms with E-state index in [2.05, 4.69) is 9.97 Å². The van der Waals surface area contributed by atoms with Gasteiger partial charge >= 0.3 is 0 Å². The first-order valence-corrected chi connectivity index (χ1v) is 13.5. The van der Waals surface area contributed by atoms with Crippen LogP contribution in [0.3, 0.4) is 0 Å². The first-order valence-electron chi connectivity index (χ1n) is 11.7. The highest BCUT2D eigenvalue weighted by molar-refractivity contribution is 7.92. The zero-order valence-electron chi connectivity index (χ0n) is 21.0. The van der Waals surface area contributed by atoms with E-state index in [4.69, 9.17) is 9.47 Å². The normalized spacial score (nSPS) is 13.1. The Bertz CT molecular complexity index is 1630. The minimum atomic E-state index is -3.67. The molecule has 2 aromatic heterocycles. The van der Waals surface area contributed by atoms with Gasteiger partial charge in [-0.15, -0.1) is 0 Å². The fraction of sp³-hybridized carbons (Fsp3) is 0.222. The lowest BCUT2D eigenvalue weighted by atomic mass is 10.0. The molecule has 3 heterocycles. The molecule has 0 spiro atoms. The summed E-state index contributed by atoms with van der Waals surface area (Å²) in [6, 6.07) is 13.6. The molecule has 0 unspecified atom stereocenters. The summed E-state index contributed by atoms with van der Waals surface area (Å²) in [4.78, 5) is 23.5. The SMILES string of the molecule is COc1ccc(COc2c3c(c(N(C)S(C)(=O)=O)c4cccnc24)CN(Cc2ccc(F)nc2)C3=O)cc1. The second-order valence-corrected chi connectivity index (χ2v) is 11.0. The number of rotatable bonds is 8. The highest BCUT2D eigenvalue weighted by Gasteiger charge is 2.37. The molecule has 11 heteroatoms. The van der Waals surface area contributed by atoms with Crippen LogP contribution in [0.25, 0.3) is 10.9 Å². The number of carbonyl (C=O) groups is 1. The Morgan fingerprint density at radius 1 is 1.08 bits per heavy atom. The van der Waals surface area contributed by atoms with Gasteiger partial charge in [0.2, 0.25) is 16.0 Å². The van der Waals surface area contributed by atoms with Gasteiger partial charge in [0.25, 0.3) is 5.91 Å². The number of sulfonamides is 1. The van der Waals surface area contributed by atoms with Crippen LogP contribution in [-0.2, 0) is 29.7 Å². The van der Waals surface area contributed by atoms with Crippen LogP contribution in [0.15, 0.2) is 60.9 Å². The molecule has 5 rings (SSSR count). The topological polar surface area (TPSA) is 102 Å². The maximum absolute atomic E-state index is 13.8. The van der Waals surface area contributed by atoms with Gasteiger partial charge in [-0.2, -0.15) is 4.39 Å². The van der Waals surface area contributed by atoms with Crippen molar-refractivity contribution >= 4 is 32.5 Å². The smallest absolute Gasteiger partial charge is 0.258 e. The molecule has 0 aliphatic carbocycles. The Hall–Kier alpha value is -4.25. The Morgan fingerprint density at radius 2 is 1.82 bits per heavy atom. The summed E-state index contributed by atoms with van der Waals surface area (Å²) in [5.41, 5.74) is 3.00. The summed E-state index contributed by atoms with van der Waals surface area (Å²) < 4.78 is 51.2. The van der Waals surface area contributed by atoms with E-state index in [1.165, 1.54) is 23.6 Å². The third kappa shape index (κ3) is 4.72. The molecule has 0 atom stereocenters. The van der Waals surface area contributed by atoms with Crippen molar-refractivity contribution in [2.45, 2.75) is 19.7 Å². The highest BCUT2D eigenvalue weighted by atomic mass is 32.2. The fourth-order valence-electron chi connectivity index (χ4n) is 4.51. The number of benzene rings is 2. The molecule has 4 aromatic rings. The summed E-state index contributed by atoms with van der Waals surface area (Å²) >= 11 is 0. The van der Waals surface area contributed by atoms with Crippen molar-refractivity contribution in [3.8, 4) is 11.5 Å². The van der Waals surface area contributed by atoms with Crippen LogP contribution < -0.4 is 13.8 Å². The Kier molecular flexibility index (Phi) is 6.62. The molecule has 1 amide bonds. The predicted octanol–water partition coefficient (Wildman–Crippen LogP) is 3.91. The van der Waals surface area contributed by atoms with Crippen molar-refractivity contribution in [1.29, 1.82) is 0 Å². The van der Waals surface area contributed by atoms with Gasteiger partial charge in [-0.25, -0.2) is 13.4 Å². The number of halogens is 1. The van der Waals surface area contributed by atoms with Gasteiger partial charge in [0, 0.05) is 43.5 Å². The lowest BCUT2D eigenvalue weighted by molar-refractivity contribution is 0.0763. The van der Waals surface area contributed by atoms with Gasteiger partial charge in [-0.05, 0) is 41.5 Å². The minimum Gasteiger partial charge on any atom is -0.497 e. The summed E-state index contributed by atoms with van der Waals surface area (Å²) in [6.07, 6.45) is 4.04. The van der Waals surface area contributed by atoms with Crippen LogP contribution in [0.5, 0.6) is 11.5 Å². The number of pyridine rings is 2. The molecule has 38 heavy (non-hydrogen) atoms. The lowest BCUT2D eigenvalue weighted by Crippen LogP contribution is -2.26. The molecule has 0 radical (unpaired) electrons. The number of methoxy groups -OCH3 is 1. The molecule has 2 aromatic carbocycles. The molecule has 1 aliphatic heterocycles. The molecule has 0 N–H and O–H groups in total. The van der Waals surface area contributed by atoms with Crippen LogP contribution in [0.4, 0.5) is 10.1 Å². The molecular formula is C27H25FN4O5S. The van der Waals surface area contributed by atoms with E-state index >= 15 is 0 Å². The van der Waals surface area contributed by atoms with E-state index in [9.17, 15) is 17.6 Å². The molecule has 0 fully saturated rings.